The normalized spacial score (nSPS) is 13.1. The lowest BCUT2D eigenvalue weighted by atomic mass is 9.91. The fourth-order valence-corrected chi connectivity index (χ4v) is 1.16. The average molecular weight is 190 g/mol. The van der Waals surface area contributed by atoms with E-state index < -0.39 is 0 Å². The largest absolute Gasteiger partial charge is 0.295 e. The van der Waals surface area contributed by atoms with Gasteiger partial charge in [0.2, 0.25) is 0 Å². The quantitative estimate of drug-likeness (QED) is 0.357. The summed E-state index contributed by atoms with van der Waals surface area (Å²) in [6.45, 7) is 5.93. The fourth-order valence-electron chi connectivity index (χ4n) is 1.16. The zero-order chi connectivity index (χ0) is 11.0. The third-order valence-corrected chi connectivity index (χ3v) is 2.02. The number of carbonyl (C=O) groups excluding carboxylic acids is 1. The molecule has 0 heterocycles. The van der Waals surface area contributed by atoms with Gasteiger partial charge in [0.15, 0.2) is 5.78 Å². The lowest BCUT2D eigenvalue weighted by Gasteiger charge is -2.00. The van der Waals surface area contributed by atoms with E-state index in [2.05, 4.69) is 6.92 Å². The van der Waals surface area contributed by atoms with Gasteiger partial charge in [-0.3, -0.25) is 4.79 Å². The van der Waals surface area contributed by atoms with Crippen LogP contribution < -0.4 is 0 Å². The molecule has 0 spiro atoms. The Bertz CT molecular complexity index is 239. The van der Waals surface area contributed by atoms with Gasteiger partial charge < -0.3 is 0 Å². The van der Waals surface area contributed by atoms with Crippen molar-refractivity contribution < 1.29 is 4.79 Å². The summed E-state index contributed by atoms with van der Waals surface area (Å²) in [7, 11) is 5.68. The zero-order valence-corrected chi connectivity index (χ0v) is 9.47. The maximum atomic E-state index is 11.5. The van der Waals surface area contributed by atoms with E-state index in [-0.39, 0.29) is 5.78 Å². The minimum absolute atomic E-state index is 0.208. The van der Waals surface area contributed by atoms with E-state index in [1.165, 1.54) is 0 Å². The highest BCUT2D eigenvalue weighted by Gasteiger charge is 2.02. The fraction of sp³-hybridized carbons (Fsp3) is 0.583. The molecule has 2 radical (unpaired) electrons. The molecule has 76 valence electrons. The van der Waals surface area contributed by atoms with Gasteiger partial charge >= 0.3 is 0 Å². The van der Waals surface area contributed by atoms with Gasteiger partial charge in [0.25, 0.3) is 0 Å². The molecular formula is C12H19BO. The first-order valence-electron chi connectivity index (χ1n) is 5.28. The summed E-state index contributed by atoms with van der Waals surface area (Å²) < 4.78 is 0. The molecule has 0 aliphatic rings. The Morgan fingerprint density at radius 3 is 2.50 bits per heavy atom. The lowest BCUT2D eigenvalue weighted by Crippen LogP contribution is -1.99. The first-order valence-corrected chi connectivity index (χ1v) is 5.28. The SMILES string of the molecule is [B]C(=C/CC)/C=C(\C)C(=O)CCCC. The topological polar surface area (TPSA) is 17.1 Å². The molecule has 0 aliphatic carbocycles. The molecule has 0 atom stereocenters. The van der Waals surface area contributed by atoms with E-state index >= 15 is 0 Å². The summed E-state index contributed by atoms with van der Waals surface area (Å²) >= 11 is 0. The van der Waals surface area contributed by atoms with Crippen molar-refractivity contribution in [1.29, 1.82) is 0 Å². The number of carbonyl (C=O) groups is 1. The number of Topliss-reactive ketones (excluding diaryl/α,β-unsaturated/α-hetero) is 1. The van der Waals surface area contributed by atoms with Gasteiger partial charge in [-0.2, -0.15) is 0 Å². The van der Waals surface area contributed by atoms with E-state index in [1.807, 2.05) is 19.9 Å². The zero-order valence-electron chi connectivity index (χ0n) is 9.47. The highest BCUT2D eigenvalue weighted by atomic mass is 16.1. The van der Waals surface area contributed by atoms with Crippen LogP contribution in [-0.4, -0.2) is 13.6 Å². The minimum Gasteiger partial charge on any atom is -0.295 e. The highest BCUT2D eigenvalue weighted by molar-refractivity contribution is 6.24. The molecule has 0 rings (SSSR count). The third-order valence-electron chi connectivity index (χ3n) is 2.02. The van der Waals surface area contributed by atoms with Crippen LogP contribution in [0.5, 0.6) is 0 Å². The maximum absolute atomic E-state index is 11.5. The first kappa shape index (κ1) is 13.2. The molecule has 0 saturated carbocycles. The molecule has 0 bridgehead atoms. The molecule has 2 heteroatoms. The van der Waals surface area contributed by atoms with Gasteiger partial charge in [-0.15, -0.1) is 5.47 Å². The molecule has 0 aliphatic heterocycles. The number of hydrogen-bond donors (Lipinski definition) is 0. The van der Waals surface area contributed by atoms with Gasteiger partial charge in [-0.25, -0.2) is 0 Å². The number of ketones is 1. The van der Waals surface area contributed by atoms with Crippen molar-refractivity contribution in [2.75, 3.05) is 0 Å². The van der Waals surface area contributed by atoms with Crippen LogP contribution in [0.25, 0.3) is 0 Å². The van der Waals surface area contributed by atoms with Gasteiger partial charge in [-0.05, 0) is 25.3 Å². The van der Waals surface area contributed by atoms with Crippen LogP contribution in [0.1, 0.15) is 46.5 Å². The van der Waals surface area contributed by atoms with Gasteiger partial charge in [0.05, 0.1) is 0 Å². The molecule has 0 aromatic heterocycles. The van der Waals surface area contributed by atoms with Crippen molar-refractivity contribution in [1.82, 2.24) is 0 Å². The van der Waals surface area contributed by atoms with Crippen LogP contribution in [0, 0.1) is 0 Å². The van der Waals surface area contributed by atoms with Crippen LogP contribution in [0.2, 0.25) is 0 Å². The molecular weight excluding hydrogens is 171 g/mol. The van der Waals surface area contributed by atoms with E-state index in [1.54, 1.807) is 6.08 Å². The Hall–Kier alpha value is -0.785. The Balaban J connectivity index is 4.22. The standard InChI is InChI=1S/C12H19BO/c1-4-6-8-12(14)10(3)9-11(13)7-5-2/h7,9H,4-6,8H2,1-3H3/b10-9+,11-7+. The van der Waals surface area contributed by atoms with Crippen molar-refractivity contribution in [2.45, 2.75) is 46.5 Å². The molecule has 1 nitrogen and oxygen atoms in total. The van der Waals surface area contributed by atoms with E-state index in [0.717, 1.165) is 24.8 Å². The van der Waals surface area contributed by atoms with Gasteiger partial charge in [0.1, 0.15) is 7.85 Å². The molecule has 0 fully saturated rings. The van der Waals surface area contributed by atoms with E-state index in [4.69, 9.17) is 7.85 Å². The Morgan fingerprint density at radius 2 is 2.00 bits per heavy atom. The molecule has 0 saturated heterocycles. The second kappa shape index (κ2) is 7.60. The minimum atomic E-state index is 0.208. The molecule has 0 amide bonds. The van der Waals surface area contributed by atoms with Crippen LogP contribution in [0.4, 0.5) is 0 Å². The van der Waals surface area contributed by atoms with Crippen molar-refractivity contribution in [3.8, 4) is 0 Å². The smallest absolute Gasteiger partial charge is 0.158 e. The van der Waals surface area contributed by atoms with Crippen molar-refractivity contribution in [3.05, 3.63) is 23.2 Å². The van der Waals surface area contributed by atoms with Crippen LogP contribution >= 0.6 is 0 Å². The molecule has 0 aromatic rings. The van der Waals surface area contributed by atoms with E-state index in [0.29, 0.717) is 11.9 Å². The van der Waals surface area contributed by atoms with Crippen LogP contribution in [-0.2, 0) is 4.79 Å². The third kappa shape index (κ3) is 5.79. The molecule has 0 aromatic carbocycles. The second-order valence-corrected chi connectivity index (χ2v) is 3.47. The Morgan fingerprint density at radius 1 is 1.36 bits per heavy atom. The molecule has 0 unspecified atom stereocenters. The van der Waals surface area contributed by atoms with Crippen molar-refractivity contribution in [2.24, 2.45) is 0 Å². The lowest BCUT2D eigenvalue weighted by molar-refractivity contribution is -0.115. The van der Waals surface area contributed by atoms with Crippen LogP contribution in [0.15, 0.2) is 23.2 Å². The Labute approximate surface area is 88.7 Å². The summed E-state index contributed by atoms with van der Waals surface area (Å²) in [6, 6.07) is 0. The van der Waals surface area contributed by atoms with Gasteiger partial charge in [-0.1, -0.05) is 32.4 Å². The number of allylic oxidation sites excluding steroid dienone is 4. The Kier molecular flexibility index (Phi) is 7.18. The van der Waals surface area contributed by atoms with Crippen LogP contribution in [0.3, 0.4) is 0 Å². The molecule has 14 heavy (non-hydrogen) atoms. The number of hydrogen-bond acceptors (Lipinski definition) is 1. The molecule has 0 N–H and O–H groups in total. The summed E-state index contributed by atoms with van der Waals surface area (Å²) in [5.41, 5.74) is 1.45. The summed E-state index contributed by atoms with van der Waals surface area (Å²) in [4.78, 5) is 11.5. The predicted molar refractivity (Wildman–Crippen MR) is 62.4 cm³/mol. The summed E-state index contributed by atoms with van der Waals surface area (Å²) in [5, 5.41) is 0. The highest BCUT2D eigenvalue weighted by Crippen LogP contribution is 2.06. The maximum Gasteiger partial charge on any atom is 0.158 e. The second-order valence-electron chi connectivity index (χ2n) is 3.47. The number of rotatable bonds is 6. The van der Waals surface area contributed by atoms with Crippen molar-refractivity contribution >= 4 is 13.6 Å². The van der Waals surface area contributed by atoms with Crippen molar-refractivity contribution in [3.63, 3.8) is 0 Å². The van der Waals surface area contributed by atoms with Gasteiger partial charge in [0, 0.05) is 6.42 Å². The monoisotopic (exact) mass is 190 g/mol. The average Bonchev–Trinajstić information content (AvgIpc) is 2.14. The predicted octanol–water partition coefficient (Wildman–Crippen LogP) is 3.15. The summed E-state index contributed by atoms with van der Waals surface area (Å²) in [6.07, 6.45) is 7.23. The van der Waals surface area contributed by atoms with E-state index in [9.17, 15) is 4.79 Å². The first-order chi connectivity index (χ1) is 6.61. The number of unbranched alkanes of at least 4 members (excludes halogenated alkanes) is 1. The summed E-state index contributed by atoms with van der Waals surface area (Å²) in [5.74, 6) is 0.208.